The third kappa shape index (κ3) is 3.61. The van der Waals surface area contributed by atoms with E-state index >= 15 is 0 Å². The highest BCUT2D eigenvalue weighted by atomic mass is 16.5. The molecule has 0 unspecified atom stereocenters. The second kappa shape index (κ2) is 7.87. The Kier molecular flexibility index (Phi) is 5.37. The van der Waals surface area contributed by atoms with Gasteiger partial charge in [0, 0.05) is 12.3 Å². The summed E-state index contributed by atoms with van der Waals surface area (Å²) in [6.45, 7) is 4.04. The molecule has 0 aliphatic rings. The minimum absolute atomic E-state index is 0.0609. The number of nitrogens with zero attached hydrogens (tertiary/aromatic N) is 1. The average Bonchev–Trinajstić information content (AvgIpc) is 3.04. The highest BCUT2D eigenvalue weighted by Gasteiger charge is 2.28. The molecule has 1 heterocycles. The predicted molar refractivity (Wildman–Crippen MR) is 100 cm³/mol. The third-order valence-corrected chi connectivity index (χ3v) is 4.03. The predicted octanol–water partition coefficient (Wildman–Crippen LogP) is 4.55. The van der Waals surface area contributed by atoms with Gasteiger partial charge in [-0.3, -0.25) is 4.79 Å². The van der Waals surface area contributed by atoms with E-state index in [1.54, 1.807) is 11.0 Å². The minimum atomic E-state index is -0.558. The number of carbonyl (C=O) groups excluding carboxylic acids is 2. The highest BCUT2D eigenvalue weighted by Crippen LogP contribution is 2.35. The molecule has 0 radical (unpaired) electrons. The second-order valence-electron chi connectivity index (χ2n) is 6.00. The Labute approximate surface area is 152 Å². The van der Waals surface area contributed by atoms with Crippen LogP contribution in [-0.2, 0) is 16.1 Å². The molecule has 0 saturated carbocycles. The van der Waals surface area contributed by atoms with Crippen LogP contribution in [0.15, 0.2) is 59.0 Å². The number of carbonyl (C=O) groups is 2. The van der Waals surface area contributed by atoms with Gasteiger partial charge in [-0.05, 0) is 24.1 Å². The Morgan fingerprint density at radius 2 is 1.73 bits per heavy atom. The fourth-order valence-electron chi connectivity index (χ4n) is 2.81. The van der Waals surface area contributed by atoms with Crippen LogP contribution in [0.5, 0.6) is 0 Å². The number of rotatable bonds is 6. The first kappa shape index (κ1) is 17.7. The maximum Gasteiger partial charge on any atom is 0.376 e. The molecular formula is C21H21NO4. The van der Waals surface area contributed by atoms with Crippen molar-refractivity contribution in [2.75, 3.05) is 11.5 Å². The summed E-state index contributed by atoms with van der Waals surface area (Å²) >= 11 is 0. The lowest BCUT2D eigenvalue weighted by atomic mass is 10.1. The molecule has 0 saturated heterocycles. The summed E-state index contributed by atoms with van der Waals surface area (Å²) in [4.78, 5) is 26.5. The monoisotopic (exact) mass is 351 g/mol. The van der Waals surface area contributed by atoms with E-state index in [9.17, 15) is 9.59 Å². The summed E-state index contributed by atoms with van der Waals surface area (Å²) < 4.78 is 11.0. The number of hydrogen-bond acceptors (Lipinski definition) is 4. The molecule has 134 valence electrons. The Hall–Kier alpha value is -3.08. The Bertz CT molecular complexity index is 914. The lowest BCUT2D eigenvalue weighted by Crippen LogP contribution is -2.29. The van der Waals surface area contributed by atoms with Crippen molar-refractivity contribution in [3.63, 3.8) is 0 Å². The molecule has 3 rings (SSSR count). The van der Waals surface area contributed by atoms with Gasteiger partial charge in [-0.15, -0.1) is 0 Å². The normalized spacial score (nSPS) is 10.7. The van der Waals surface area contributed by atoms with Crippen LogP contribution in [0.2, 0.25) is 0 Å². The largest absolute Gasteiger partial charge is 0.460 e. The number of amides is 1. The lowest BCUT2D eigenvalue weighted by molar-refractivity contribution is -0.116. The summed E-state index contributed by atoms with van der Waals surface area (Å²) in [5.41, 5.74) is 1.96. The molecule has 1 amide bonds. The summed E-state index contributed by atoms with van der Waals surface area (Å²) in [5, 5.41) is 0.710. The Morgan fingerprint density at radius 1 is 1.04 bits per heavy atom. The van der Waals surface area contributed by atoms with E-state index in [-0.39, 0.29) is 11.7 Å². The number of anilines is 1. The quantitative estimate of drug-likeness (QED) is 0.611. The fourth-order valence-corrected chi connectivity index (χ4v) is 2.81. The number of para-hydroxylation sites is 1. The van der Waals surface area contributed by atoms with Gasteiger partial charge in [-0.25, -0.2) is 4.79 Å². The highest BCUT2D eigenvalue weighted by molar-refractivity contribution is 6.10. The van der Waals surface area contributed by atoms with Crippen LogP contribution in [-0.4, -0.2) is 18.5 Å². The van der Waals surface area contributed by atoms with Gasteiger partial charge < -0.3 is 14.1 Å². The first-order valence-corrected chi connectivity index (χ1v) is 8.62. The molecule has 5 nitrogen and oxygen atoms in total. The number of fused-ring (bicyclic) bond motifs is 1. The van der Waals surface area contributed by atoms with Crippen molar-refractivity contribution in [1.29, 1.82) is 0 Å². The van der Waals surface area contributed by atoms with E-state index in [1.807, 2.05) is 55.5 Å². The van der Waals surface area contributed by atoms with Crippen LogP contribution in [0.4, 0.5) is 5.69 Å². The first-order chi connectivity index (χ1) is 12.6. The minimum Gasteiger partial charge on any atom is -0.460 e. The number of ether oxygens (including phenoxy) is 1. The van der Waals surface area contributed by atoms with E-state index in [4.69, 9.17) is 9.15 Å². The van der Waals surface area contributed by atoms with Gasteiger partial charge in [-0.1, -0.05) is 49.4 Å². The topological polar surface area (TPSA) is 59.8 Å². The zero-order valence-corrected chi connectivity index (χ0v) is 14.9. The van der Waals surface area contributed by atoms with Crippen LogP contribution < -0.4 is 4.90 Å². The van der Waals surface area contributed by atoms with Crippen LogP contribution in [0, 0.1) is 0 Å². The zero-order valence-electron chi connectivity index (χ0n) is 14.9. The van der Waals surface area contributed by atoms with Gasteiger partial charge in [0.15, 0.2) is 0 Å². The molecule has 0 spiro atoms. The van der Waals surface area contributed by atoms with E-state index in [2.05, 4.69) is 0 Å². The number of esters is 1. The van der Waals surface area contributed by atoms with Crippen LogP contribution in [0.1, 0.15) is 36.4 Å². The van der Waals surface area contributed by atoms with Crippen molar-refractivity contribution in [3.05, 3.63) is 65.9 Å². The van der Waals surface area contributed by atoms with Crippen molar-refractivity contribution in [1.82, 2.24) is 0 Å². The third-order valence-electron chi connectivity index (χ3n) is 4.03. The van der Waals surface area contributed by atoms with E-state index in [0.29, 0.717) is 36.2 Å². The zero-order chi connectivity index (χ0) is 18.5. The van der Waals surface area contributed by atoms with Crippen molar-refractivity contribution in [2.45, 2.75) is 26.8 Å². The fraction of sp³-hybridized carbons (Fsp3) is 0.238. The molecule has 0 aliphatic heterocycles. The van der Waals surface area contributed by atoms with Gasteiger partial charge in [0.05, 0.1) is 13.2 Å². The van der Waals surface area contributed by atoms with E-state index in [1.165, 1.54) is 6.92 Å². The molecule has 0 fully saturated rings. The van der Waals surface area contributed by atoms with Crippen LogP contribution in [0.3, 0.4) is 0 Å². The summed E-state index contributed by atoms with van der Waals surface area (Å²) in [6, 6.07) is 16.9. The van der Waals surface area contributed by atoms with Crippen molar-refractivity contribution < 1.29 is 18.7 Å². The Balaban J connectivity index is 2.10. The lowest BCUT2D eigenvalue weighted by Gasteiger charge is -2.21. The van der Waals surface area contributed by atoms with Gasteiger partial charge in [0.25, 0.3) is 0 Å². The second-order valence-corrected chi connectivity index (χ2v) is 6.00. The van der Waals surface area contributed by atoms with Crippen LogP contribution in [0.25, 0.3) is 11.0 Å². The van der Waals surface area contributed by atoms with Gasteiger partial charge >= 0.3 is 5.97 Å². The molecule has 5 heteroatoms. The molecule has 3 aromatic rings. The number of hydrogen-bond donors (Lipinski definition) is 0. The molecular weight excluding hydrogens is 330 g/mol. The molecule has 0 N–H and O–H groups in total. The van der Waals surface area contributed by atoms with Gasteiger partial charge in [0.2, 0.25) is 11.7 Å². The molecule has 0 aliphatic carbocycles. The average molecular weight is 351 g/mol. The first-order valence-electron chi connectivity index (χ1n) is 8.62. The standard InChI is InChI=1S/C21H21NO4/c1-3-13-25-21(24)20-19(17-11-7-8-12-18(17)26-20)22(15(2)23)14-16-9-5-4-6-10-16/h4-12H,3,13-14H2,1-2H3. The molecule has 0 bridgehead atoms. The van der Waals surface area contributed by atoms with Crippen molar-refractivity contribution in [3.8, 4) is 0 Å². The van der Waals surface area contributed by atoms with Gasteiger partial charge in [0.1, 0.15) is 11.3 Å². The number of furan rings is 1. The maximum absolute atomic E-state index is 12.5. The molecule has 26 heavy (non-hydrogen) atoms. The van der Waals surface area contributed by atoms with Crippen LogP contribution >= 0.6 is 0 Å². The summed E-state index contributed by atoms with van der Waals surface area (Å²) in [7, 11) is 0. The summed E-state index contributed by atoms with van der Waals surface area (Å²) in [6.07, 6.45) is 0.710. The number of benzene rings is 2. The maximum atomic E-state index is 12.5. The molecule has 1 aromatic heterocycles. The van der Waals surface area contributed by atoms with E-state index < -0.39 is 5.97 Å². The molecule has 2 aromatic carbocycles. The SMILES string of the molecule is CCCOC(=O)c1oc2ccccc2c1N(Cc1ccccc1)C(C)=O. The van der Waals surface area contributed by atoms with Crippen molar-refractivity contribution in [2.24, 2.45) is 0 Å². The summed E-state index contributed by atoms with van der Waals surface area (Å²) in [5.74, 6) is -0.673. The Morgan fingerprint density at radius 3 is 2.42 bits per heavy atom. The van der Waals surface area contributed by atoms with Crippen molar-refractivity contribution >= 4 is 28.5 Å². The van der Waals surface area contributed by atoms with Gasteiger partial charge in [-0.2, -0.15) is 0 Å². The smallest absolute Gasteiger partial charge is 0.376 e. The van der Waals surface area contributed by atoms with E-state index in [0.717, 1.165) is 5.56 Å². The molecule has 0 atom stereocenters.